The minimum atomic E-state index is 0.314. The fraction of sp³-hybridized carbons (Fsp3) is 0.667. The quantitative estimate of drug-likeness (QED) is 0.586. The van der Waals surface area contributed by atoms with Crippen molar-refractivity contribution in [2.24, 2.45) is 10.9 Å². The lowest BCUT2D eigenvalue weighted by Gasteiger charge is -2.24. The Morgan fingerprint density at radius 3 is 2.74 bits per heavy atom. The van der Waals surface area contributed by atoms with E-state index in [-0.39, 0.29) is 0 Å². The molecule has 2 fully saturated rings. The molecule has 6 nitrogen and oxygen atoms in total. The van der Waals surface area contributed by atoms with Crippen LogP contribution in [-0.2, 0) is 11.3 Å². The third-order valence-electron chi connectivity index (χ3n) is 5.40. The van der Waals surface area contributed by atoms with Gasteiger partial charge in [0.2, 0.25) is 0 Å². The number of benzene rings is 1. The maximum Gasteiger partial charge on any atom is 0.193 e. The van der Waals surface area contributed by atoms with Gasteiger partial charge in [0.25, 0.3) is 0 Å². The number of ether oxygens (including phenoxy) is 3. The van der Waals surface area contributed by atoms with E-state index in [9.17, 15) is 0 Å². The molecule has 2 aliphatic rings. The number of nitrogens with zero attached hydrogens (tertiary/aromatic N) is 2. The zero-order valence-electron chi connectivity index (χ0n) is 16.9. The van der Waals surface area contributed by atoms with Gasteiger partial charge in [-0.3, -0.25) is 4.99 Å². The van der Waals surface area contributed by atoms with Crippen molar-refractivity contribution in [3.05, 3.63) is 23.8 Å². The Balaban J connectivity index is 1.58. The Bertz CT molecular complexity index is 623. The highest BCUT2D eigenvalue weighted by Gasteiger charge is 2.20. The molecule has 1 aliphatic heterocycles. The number of hydrogen-bond donors (Lipinski definition) is 1. The van der Waals surface area contributed by atoms with E-state index >= 15 is 0 Å². The fourth-order valence-corrected chi connectivity index (χ4v) is 3.88. The number of hydrogen-bond acceptors (Lipinski definition) is 4. The van der Waals surface area contributed by atoms with Crippen LogP contribution in [0.4, 0.5) is 0 Å². The molecule has 1 aromatic rings. The van der Waals surface area contributed by atoms with Crippen molar-refractivity contribution in [3.8, 4) is 11.5 Å². The molecular weight excluding hydrogens is 342 g/mol. The first-order valence-corrected chi connectivity index (χ1v) is 10.0. The molecule has 1 aliphatic carbocycles. The molecule has 6 heteroatoms. The number of aliphatic imine (C=N–C) groups is 1. The summed E-state index contributed by atoms with van der Waals surface area (Å²) < 4.78 is 17.2. The lowest BCUT2D eigenvalue weighted by molar-refractivity contribution is 0.181. The predicted molar refractivity (Wildman–Crippen MR) is 108 cm³/mol. The van der Waals surface area contributed by atoms with Crippen LogP contribution in [0.25, 0.3) is 0 Å². The van der Waals surface area contributed by atoms with Crippen LogP contribution in [-0.4, -0.2) is 57.9 Å². The fourth-order valence-electron chi connectivity index (χ4n) is 3.88. The van der Waals surface area contributed by atoms with Gasteiger partial charge in [-0.25, -0.2) is 0 Å². The van der Waals surface area contributed by atoms with Crippen LogP contribution < -0.4 is 14.8 Å². The average molecular weight is 376 g/mol. The Kier molecular flexibility index (Phi) is 7.21. The Morgan fingerprint density at radius 1 is 1.26 bits per heavy atom. The topological polar surface area (TPSA) is 55.3 Å². The number of rotatable bonds is 7. The van der Waals surface area contributed by atoms with Crippen molar-refractivity contribution in [1.82, 2.24) is 10.2 Å². The van der Waals surface area contributed by atoms with Crippen molar-refractivity contribution in [1.29, 1.82) is 0 Å². The van der Waals surface area contributed by atoms with E-state index in [0.29, 0.717) is 18.6 Å². The smallest absolute Gasteiger partial charge is 0.193 e. The van der Waals surface area contributed by atoms with E-state index in [4.69, 9.17) is 14.2 Å². The highest BCUT2D eigenvalue weighted by Crippen LogP contribution is 2.32. The number of methoxy groups -OCH3 is 1. The molecule has 0 bridgehead atoms. The van der Waals surface area contributed by atoms with Gasteiger partial charge in [0.05, 0.1) is 19.8 Å². The van der Waals surface area contributed by atoms with Gasteiger partial charge in [-0.1, -0.05) is 6.07 Å². The average Bonchev–Trinajstić information content (AvgIpc) is 3.37. The SMILES string of the molecule is CN=C(NCc1ccc(OC)c(OC2CCCC2)c1)N(C)CC1CCOC1. The van der Waals surface area contributed by atoms with E-state index in [1.54, 1.807) is 7.11 Å². The predicted octanol–water partition coefficient (Wildman–Crippen LogP) is 3.06. The number of guanidine groups is 1. The van der Waals surface area contributed by atoms with Gasteiger partial charge in [0.15, 0.2) is 17.5 Å². The molecule has 1 unspecified atom stereocenters. The molecule has 0 radical (unpaired) electrons. The summed E-state index contributed by atoms with van der Waals surface area (Å²) in [6.45, 7) is 3.38. The molecule has 1 atom stereocenters. The molecule has 150 valence electrons. The Morgan fingerprint density at radius 2 is 2.07 bits per heavy atom. The van der Waals surface area contributed by atoms with Crippen LogP contribution in [0.3, 0.4) is 0 Å². The van der Waals surface area contributed by atoms with Crippen LogP contribution in [0.1, 0.15) is 37.7 Å². The Hall–Kier alpha value is -1.95. The Labute approximate surface area is 162 Å². The molecule has 1 heterocycles. The van der Waals surface area contributed by atoms with Crippen molar-refractivity contribution in [2.45, 2.75) is 44.8 Å². The first-order valence-electron chi connectivity index (χ1n) is 10.0. The van der Waals surface area contributed by atoms with Gasteiger partial charge in [0.1, 0.15) is 0 Å². The van der Waals surface area contributed by atoms with Gasteiger partial charge in [-0.15, -0.1) is 0 Å². The molecule has 0 aromatic heterocycles. The second kappa shape index (κ2) is 9.83. The minimum Gasteiger partial charge on any atom is -0.493 e. The van der Waals surface area contributed by atoms with Crippen molar-refractivity contribution >= 4 is 5.96 Å². The second-order valence-electron chi connectivity index (χ2n) is 7.52. The third-order valence-corrected chi connectivity index (χ3v) is 5.40. The van der Waals surface area contributed by atoms with E-state index in [2.05, 4.69) is 34.4 Å². The van der Waals surface area contributed by atoms with Gasteiger partial charge >= 0.3 is 0 Å². The molecular formula is C21H33N3O3. The maximum atomic E-state index is 6.20. The van der Waals surface area contributed by atoms with Crippen molar-refractivity contribution in [3.63, 3.8) is 0 Å². The molecule has 27 heavy (non-hydrogen) atoms. The molecule has 0 amide bonds. The summed E-state index contributed by atoms with van der Waals surface area (Å²) in [6, 6.07) is 6.15. The van der Waals surface area contributed by atoms with Gasteiger partial charge in [-0.05, 0) is 49.8 Å². The van der Waals surface area contributed by atoms with Crippen LogP contribution in [0.5, 0.6) is 11.5 Å². The molecule has 0 spiro atoms. The third kappa shape index (κ3) is 5.51. The highest BCUT2D eigenvalue weighted by molar-refractivity contribution is 5.79. The molecule has 1 N–H and O–H groups in total. The van der Waals surface area contributed by atoms with Crippen LogP contribution >= 0.6 is 0 Å². The van der Waals surface area contributed by atoms with Gasteiger partial charge < -0.3 is 24.4 Å². The van der Waals surface area contributed by atoms with E-state index < -0.39 is 0 Å². The monoisotopic (exact) mass is 375 g/mol. The van der Waals surface area contributed by atoms with Crippen LogP contribution in [0.15, 0.2) is 23.2 Å². The lowest BCUT2D eigenvalue weighted by atomic mass is 10.1. The maximum absolute atomic E-state index is 6.20. The van der Waals surface area contributed by atoms with Gasteiger partial charge in [-0.2, -0.15) is 0 Å². The molecule has 1 saturated carbocycles. The summed E-state index contributed by atoms with van der Waals surface area (Å²) in [4.78, 5) is 6.60. The number of nitrogens with one attached hydrogen (secondary N) is 1. The largest absolute Gasteiger partial charge is 0.493 e. The lowest BCUT2D eigenvalue weighted by Crippen LogP contribution is -2.41. The summed E-state index contributed by atoms with van der Waals surface area (Å²) >= 11 is 0. The first kappa shape index (κ1) is 19.8. The first-order chi connectivity index (χ1) is 13.2. The summed E-state index contributed by atoms with van der Waals surface area (Å²) in [5.74, 6) is 3.13. The van der Waals surface area contributed by atoms with Crippen LogP contribution in [0.2, 0.25) is 0 Å². The normalized spacial score (nSPS) is 20.7. The standard InChI is InChI=1S/C21H33N3O3/c1-22-21(24(2)14-17-10-11-26-15-17)23-13-16-8-9-19(25-3)20(12-16)27-18-6-4-5-7-18/h8-9,12,17-18H,4-7,10-11,13-15H2,1-3H3,(H,22,23). The minimum absolute atomic E-state index is 0.314. The van der Waals surface area contributed by atoms with Crippen LogP contribution in [0, 0.1) is 5.92 Å². The van der Waals surface area contributed by atoms with Crippen molar-refractivity contribution < 1.29 is 14.2 Å². The molecule has 1 aromatic carbocycles. The second-order valence-corrected chi connectivity index (χ2v) is 7.52. The highest BCUT2D eigenvalue weighted by atomic mass is 16.5. The van der Waals surface area contributed by atoms with Crippen molar-refractivity contribution in [2.75, 3.05) is 41.0 Å². The van der Waals surface area contributed by atoms with E-state index in [1.165, 1.54) is 12.8 Å². The summed E-state index contributed by atoms with van der Waals surface area (Å²) in [6.07, 6.45) is 6.21. The zero-order chi connectivity index (χ0) is 19.1. The summed E-state index contributed by atoms with van der Waals surface area (Å²) in [5, 5.41) is 3.46. The summed E-state index contributed by atoms with van der Waals surface area (Å²) in [5.41, 5.74) is 1.16. The van der Waals surface area contributed by atoms with E-state index in [1.807, 2.05) is 13.1 Å². The summed E-state index contributed by atoms with van der Waals surface area (Å²) in [7, 11) is 5.60. The molecule has 3 rings (SSSR count). The zero-order valence-corrected chi connectivity index (χ0v) is 16.9. The van der Waals surface area contributed by atoms with E-state index in [0.717, 1.165) is 62.0 Å². The van der Waals surface area contributed by atoms with Gasteiger partial charge in [0, 0.05) is 39.7 Å². The molecule has 1 saturated heterocycles.